The predicted octanol–water partition coefficient (Wildman–Crippen LogP) is 4.53. The van der Waals surface area contributed by atoms with Gasteiger partial charge in [-0.15, -0.1) is 0 Å². The van der Waals surface area contributed by atoms with Crippen LogP contribution in [-0.4, -0.2) is 43.8 Å². The number of rotatable bonds is 12. The average Bonchev–Trinajstić information content (AvgIpc) is 2.84. The van der Waals surface area contributed by atoms with E-state index >= 15 is 0 Å². The van der Waals surface area contributed by atoms with Gasteiger partial charge in [-0.05, 0) is 42.2 Å². The summed E-state index contributed by atoms with van der Waals surface area (Å²) in [4.78, 5) is 8.91. The molecule has 2 N–H and O–H groups in total. The quantitative estimate of drug-likeness (QED) is 0.372. The summed E-state index contributed by atoms with van der Waals surface area (Å²) in [5.41, 5.74) is 1.02. The Bertz CT molecular complexity index is 1230. The number of sulfonamides is 1. The van der Waals surface area contributed by atoms with Gasteiger partial charge in [0.1, 0.15) is 12.4 Å². The number of nitrogens with zero attached hydrogens (tertiary/aromatic N) is 2. The van der Waals surface area contributed by atoms with Crippen LogP contribution < -0.4 is 18.9 Å². The maximum Gasteiger partial charge on any atom is 0.263 e. The summed E-state index contributed by atoms with van der Waals surface area (Å²) < 4.78 is 46.1. The monoisotopic (exact) mass is 501 g/mol. The van der Waals surface area contributed by atoms with Gasteiger partial charge in [-0.3, -0.25) is 4.72 Å². The van der Waals surface area contributed by atoms with E-state index in [0.717, 1.165) is 12.0 Å². The molecule has 0 saturated carbocycles. The minimum atomic E-state index is -4.01. The molecule has 0 radical (unpaired) electrons. The Morgan fingerprint density at radius 2 is 1.71 bits per heavy atom. The largest absolute Gasteiger partial charge is 0.493 e. The molecule has 10 heteroatoms. The van der Waals surface area contributed by atoms with E-state index in [1.54, 1.807) is 48.5 Å². The number of aromatic nitrogens is 2. The Morgan fingerprint density at radius 3 is 2.31 bits per heavy atom. The second-order valence-electron chi connectivity index (χ2n) is 8.03. The van der Waals surface area contributed by atoms with Gasteiger partial charge >= 0.3 is 0 Å². The summed E-state index contributed by atoms with van der Waals surface area (Å²) in [5, 5.41) is 9.29. The maximum absolute atomic E-state index is 13.3. The van der Waals surface area contributed by atoms with Gasteiger partial charge < -0.3 is 19.3 Å². The number of anilines is 1. The second-order valence-corrected chi connectivity index (χ2v) is 9.71. The number of aliphatic hydroxyl groups is 1. The van der Waals surface area contributed by atoms with E-state index in [1.165, 1.54) is 7.11 Å². The predicted molar refractivity (Wildman–Crippen MR) is 133 cm³/mol. The minimum absolute atomic E-state index is 0.0104. The SMILES string of the molecule is CCCc1nc(NS(=O)(=O)c2ccc(C(C)C)cc2)c(Oc2ccccc2OC)c(OCCO)n1. The van der Waals surface area contributed by atoms with Crippen LogP contribution in [0.25, 0.3) is 0 Å². The maximum atomic E-state index is 13.3. The smallest absolute Gasteiger partial charge is 0.263 e. The zero-order valence-corrected chi connectivity index (χ0v) is 21.1. The van der Waals surface area contributed by atoms with Crippen molar-refractivity contribution in [3.63, 3.8) is 0 Å². The normalized spacial score (nSPS) is 11.4. The Morgan fingerprint density at radius 1 is 1.03 bits per heavy atom. The molecule has 2 aromatic carbocycles. The first-order valence-corrected chi connectivity index (χ1v) is 12.9. The van der Waals surface area contributed by atoms with E-state index in [-0.39, 0.29) is 41.5 Å². The average molecular weight is 502 g/mol. The van der Waals surface area contributed by atoms with Gasteiger partial charge in [0.25, 0.3) is 15.9 Å². The van der Waals surface area contributed by atoms with Crippen molar-refractivity contribution in [2.45, 2.75) is 44.4 Å². The minimum Gasteiger partial charge on any atom is -0.493 e. The molecule has 9 nitrogen and oxygen atoms in total. The van der Waals surface area contributed by atoms with Gasteiger partial charge in [-0.2, -0.15) is 4.98 Å². The third-order valence-corrected chi connectivity index (χ3v) is 6.41. The molecular weight excluding hydrogens is 470 g/mol. The Hall–Kier alpha value is -3.37. The molecule has 0 spiro atoms. The molecule has 3 aromatic rings. The Balaban J connectivity index is 2.10. The van der Waals surface area contributed by atoms with Crippen molar-refractivity contribution in [1.82, 2.24) is 9.97 Å². The van der Waals surface area contributed by atoms with E-state index < -0.39 is 10.0 Å². The van der Waals surface area contributed by atoms with Gasteiger partial charge in [0.2, 0.25) is 5.75 Å². The van der Waals surface area contributed by atoms with Crippen molar-refractivity contribution in [3.8, 4) is 23.1 Å². The highest BCUT2D eigenvalue weighted by Crippen LogP contribution is 2.40. The van der Waals surface area contributed by atoms with E-state index in [4.69, 9.17) is 14.2 Å². The fraction of sp³-hybridized carbons (Fsp3) is 0.360. The van der Waals surface area contributed by atoms with Gasteiger partial charge in [-0.1, -0.05) is 45.0 Å². The topological polar surface area (TPSA) is 120 Å². The molecule has 3 rings (SSSR count). The van der Waals surface area contributed by atoms with Crippen LogP contribution in [0.2, 0.25) is 0 Å². The number of hydrogen-bond acceptors (Lipinski definition) is 8. The number of para-hydroxylation sites is 2. The van der Waals surface area contributed by atoms with E-state index in [0.29, 0.717) is 23.7 Å². The lowest BCUT2D eigenvalue weighted by molar-refractivity contribution is 0.192. The van der Waals surface area contributed by atoms with Gasteiger partial charge in [-0.25, -0.2) is 13.4 Å². The summed E-state index contributed by atoms with van der Waals surface area (Å²) in [6.45, 7) is 5.70. The van der Waals surface area contributed by atoms with Crippen molar-refractivity contribution in [2.24, 2.45) is 0 Å². The summed E-state index contributed by atoms with van der Waals surface area (Å²) in [7, 11) is -2.52. The number of nitrogens with one attached hydrogen (secondary N) is 1. The summed E-state index contributed by atoms with van der Waals surface area (Å²) in [5.74, 6) is 1.29. The standard InChI is InChI=1S/C25H31N3O6S/c1-5-8-22-26-24(28-35(30,31)19-13-11-18(12-14-19)17(2)3)23(25(27-22)33-16-15-29)34-21-10-7-6-9-20(21)32-4/h6-7,9-14,17,29H,5,8,15-16H2,1-4H3,(H,26,27,28). The third-order valence-electron chi connectivity index (χ3n) is 5.05. The lowest BCUT2D eigenvalue weighted by atomic mass is 10.0. The van der Waals surface area contributed by atoms with Gasteiger partial charge in [0.15, 0.2) is 17.3 Å². The molecule has 1 heterocycles. The highest BCUT2D eigenvalue weighted by Gasteiger charge is 2.25. The molecule has 0 amide bonds. The summed E-state index contributed by atoms with van der Waals surface area (Å²) in [6, 6.07) is 13.6. The van der Waals surface area contributed by atoms with Gasteiger partial charge in [0, 0.05) is 6.42 Å². The molecule has 1 aromatic heterocycles. The van der Waals surface area contributed by atoms with E-state index in [1.807, 2.05) is 20.8 Å². The molecule has 0 atom stereocenters. The highest BCUT2D eigenvalue weighted by atomic mass is 32.2. The van der Waals surface area contributed by atoms with Crippen LogP contribution in [0, 0.1) is 0 Å². The van der Waals surface area contributed by atoms with Crippen molar-refractivity contribution in [2.75, 3.05) is 25.0 Å². The molecule has 0 fully saturated rings. The van der Waals surface area contributed by atoms with Crippen LogP contribution in [0.4, 0.5) is 5.82 Å². The highest BCUT2D eigenvalue weighted by molar-refractivity contribution is 7.92. The zero-order valence-electron chi connectivity index (χ0n) is 20.3. The van der Waals surface area contributed by atoms with Crippen molar-refractivity contribution in [1.29, 1.82) is 0 Å². The first kappa shape index (κ1) is 26.2. The fourth-order valence-corrected chi connectivity index (χ4v) is 4.25. The number of aliphatic hydroxyl groups excluding tert-OH is 1. The van der Waals surface area contributed by atoms with E-state index in [2.05, 4.69) is 14.7 Å². The number of benzene rings is 2. The molecule has 0 aliphatic carbocycles. The second kappa shape index (κ2) is 11.9. The van der Waals surface area contributed by atoms with Crippen LogP contribution >= 0.6 is 0 Å². The molecule has 188 valence electrons. The van der Waals surface area contributed by atoms with Gasteiger partial charge in [0.05, 0.1) is 18.6 Å². The van der Waals surface area contributed by atoms with Crippen LogP contribution in [0.1, 0.15) is 44.5 Å². The van der Waals surface area contributed by atoms with E-state index in [9.17, 15) is 13.5 Å². The lowest BCUT2D eigenvalue weighted by Gasteiger charge is -2.18. The number of ether oxygens (including phenoxy) is 3. The first-order valence-electron chi connectivity index (χ1n) is 11.4. The molecule has 35 heavy (non-hydrogen) atoms. The van der Waals surface area contributed by atoms with Crippen molar-refractivity contribution in [3.05, 3.63) is 59.9 Å². The van der Waals surface area contributed by atoms with Crippen LogP contribution in [0.3, 0.4) is 0 Å². The van der Waals surface area contributed by atoms with Crippen molar-refractivity contribution < 1.29 is 27.7 Å². The molecule has 0 aliphatic heterocycles. The third kappa shape index (κ3) is 6.61. The molecule has 0 bridgehead atoms. The lowest BCUT2D eigenvalue weighted by Crippen LogP contribution is -2.17. The Kier molecular flexibility index (Phi) is 8.89. The van der Waals surface area contributed by atoms with Crippen molar-refractivity contribution >= 4 is 15.8 Å². The Labute approximate surface area is 206 Å². The summed E-state index contributed by atoms with van der Waals surface area (Å²) in [6.07, 6.45) is 1.22. The fourth-order valence-electron chi connectivity index (χ4n) is 3.24. The molecule has 0 aliphatic rings. The van der Waals surface area contributed by atoms with Crippen LogP contribution in [0.5, 0.6) is 23.1 Å². The number of methoxy groups -OCH3 is 1. The number of aryl methyl sites for hydroxylation is 1. The molecular formula is C25H31N3O6S. The van der Waals surface area contributed by atoms with Crippen LogP contribution in [-0.2, 0) is 16.4 Å². The first-order chi connectivity index (χ1) is 16.8. The molecule has 0 unspecified atom stereocenters. The zero-order chi connectivity index (χ0) is 25.4. The number of hydrogen-bond donors (Lipinski definition) is 2. The van der Waals surface area contributed by atoms with Crippen LogP contribution in [0.15, 0.2) is 53.4 Å². The molecule has 0 saturated heterocycles. The summed E-state index contributed by atoms with van der Waals surface area (Å²) >= 11 is 0.